The maximum Gasteiger partial charge on any atom is 0.160 e. The van der Waals surface area contributed by atoms with Gasteiger partial charge in [0.25, 0.3) is 0 Å². The third-order valence-corrected chi connectivity index (χ3v) is 16.6. The van der Waals surface area contributed by atoms with E-state index in [0.29, 0.717) is 0 Å². The largest absolute Gasteiger partial charge is 1.00 e. The van der Waals surface area contributed by atoms with Gasteiger partial charge in [-0.05, 0) is 97.1 Å². The number of halogens is 4. The van der Waals surface area contributed by atoms with Gasteiger partial charge in [0.1, 0.15) is 25.0 Å². The second kappa shape index (κ2) is 30.0. The highest BCUT2D eigenvalue weighted by Gasteiger charge is 2.20. The maximum atomic E-state index is 2.27. The summed E-state index contributed by atoms with van der Waals surface area (Å²) in [6.07, 6.45) is 9.07. The third kappa shape index (κ3) is 17.2. The number of hydrogen-bond acceptors (Lipinski definition) is 0. The minimum Gasteiger partial charge on any atom is -1.00 e. The Morgan fingerprint density at radius 2 is 0.250 bits per heavy atom. The topological polar surface area (TPSA) is 0 Å². The first-order valence-electron chi connectivity index (χ1n) is 18.6. The molecule has 312 valence electrons. The molecule has 0 fully saturated rings. The van der Waals surface area contributed by atoms with Crippen molar-refractivity contribution in [2.24, 2.45) is 0 Å². The minimum atomic E-state index is 0. The molecule has 0 spiro atoms. The Morgan fingerprint density at radius 1 is 0.167 bits per heavy atom. The van der Waals surface area contributed by atoms with Gasteiger partial charge in [-0.25, -0.2) is 0 Å². The average molecular weight is 881 g/mol. The summed E-state index contributed by atoms with van der Waals surface area (Å²) >= 11 is 0. The molecule has 8 aromatic carbocycles. The first-order valence-corrected chi connectivity index (χ1v) is 25.1. The van der Waals surface area contributed by atoms with E-state index in [4.69, 9.17) is 0 Å². The Balaban J connectivity index is 0.000000391. The molecular weight excluding hydrogens is 829 g/mol. The Bertz CT molecular complexity index is 1710. The van der Waals surface area contributed by atoms with E-state index in [1.165, 1.54) is 39.2 Å². The molecule has 0 bridgehead atoms. The smallest absolute Gasteiger partial charge is 0.160 e. The van der Waals surface area contributed by atoms with Crippen molar-refractivity contribution < 1.29 is 18.8 Å². The lowest BCUT2D eigenvalue weighted by Crippen LogP contribution is -3.00. The van der Waals surface area contributed by atoms with Gasteiger partial charge in [-0.1, -0.05) is 146 Å². The summed E-state index contributed by atoms with van der Waals surface area (Å²) in [5.74, 6) is 0. The van der Waals surface area contributed by atoms with E-state index in [2.05, 4.69) is 268 Å². The second-order valence-corrected chi connectivity index (χ2v) is 20.4. The third-order valence-electron chi connectivity index (χ3n) is 8.77. The van der Waals surface area contributed by atoms with Crippen LogP contribution in [-0.4, -0.2) is 25.0 Å². The lowest BCUT2D eigenvalue weighted by molar-refractivity contribution is -0.00100. The van der Waals surface area contributed by atoms with Gasteiger partial charge in [-0.3, -0.25) is 0 Å². The summed E-state index contributed by atoms with van der Waals surface area (Å²) < 4.78 is 0. The molecule has 0 aliphatic rings. The van der Waals surface area contributed by atoms with Crippen LogP contribution in [0.2, 0.25) is 0 Å². The van der Waals surface area contributed by atoms with Crippen LogP contribution in [0.1, 0.15) is 0 Å². The van der Waals surface area contributed by atoms with Crippen LogP contribution in [0.25, 0.3) is 0 Å². The average Bonchev–Trinajstić information content (AvgIpc) is 3.31. The predicted octanol–water partition coefficient (Wildman–Crippen LogP) is 1.43. The van der Waals surface area contributed by atoms with Gasteiger partial charge in [0, 0.05) is 0 Å². The molecule has 0 unspecified atom stereocenters. The SMILES string of the molecule is C[S+](c1ccccc1)c1ccccc1.C[S+](c1ccccc1)c1ccccc1.C[S+](c1ccccc1)c1ccccc1.C[S+](c1ccccc1)c1ccccc1.[F-].[F-].[F-].[F-]. The molecule has 8 rings (SSSR count). The van der Waals surface area contributed by atoms with E-state index in [-0.39, 0.29) is 62.4 Å². The van der Waals surface area contributed by atoms with Crippen LogP contribution in [-0.2, 0) is 43.6 Å². The van der Waals surface area contributed by atoms with E-state index >= 15 is 0 Å². The summed E-state index contributed by atoms with van der Waals surface area (Å²) in [6, 6.07) is 85.1. The molecule has 0 atom stereocenters. The van der Waals surface area contributed by atoms with Crippen molar-refractivity contribution in [2.45, 2.75) is 39.2 Å². The highest BCUT2D eigenvalue weighted by Crippen LogP contribution is 2.23. The van der Waals surface area contributed by atoms with Crippen LogP contribution in [0.15, 0.2) is 282 Å². The van der Waals surface area contributed by atoms with Crippen LogP contribution in [0.4, 0.5) is 0 Å². The van der Waals surface area contributed by atoms with Crippen LogP contribution in [0.3, 0.4) is 0 Å². The highest BCUT2D eigenvalue weighted by molar-refractivity contribution is 7.97. The molecule has 8 heteroatoms. The lowest BCUT2D eigenvalue weighted by Gasteiger charge is -2.00. The van der Waals surface area contributed by atoms with Crippen molar-refractivity contribution >= 4 is 43.6 Å². The van der Waals surface area contributed by atoms with Crippen LogP contribution in [0, 0.1) is 0 Å². The van der Waals surface area contributed by atoms with Crippen LogP contribution in [0.5, 0.6) is 0 Å². The van der Waals surface area contributed by atoms with Gasteiger partial charge < -0.3 is 18.8 Å². The molecule has 0 heterocycles. The van der Waals surface area contributed by atoms with Gasteiger partial charge in [-0.15, -0.1) is 0 Å². The molecule has 0 N–H and O–H groups in total. The van der Waals surface area contributed by atoms with Crippen molar-refractivity contribution in [2.75, 3.05) is 25.0 Å². The van der Waals surface area contributed by atoms with Crippen molar-refractivity contribution in [1.82, 2.24) is 0 Å². The lowest BCUT2D eigenvalue weighted by atomic mass is 10.4. The normalized spacial score (nSPS) is 9.73. The molecule has 0 saturated carbocycles. The summed E-state index contributed by atoms with van der Waals surface area (Å²) in [5, 5.41) is 0. The monoisotopic (exact) mass is 880 g/mol. The van der Waals surface area contributed by atoms with E-state index in [1.807, 2.05) is 0 Å². The second-order valence-electron chi connectivity index (χ2n) is 12.5. The maximum absolute atomic E-state index is 2.27. The Kier molecular flexibility index (Phi) is 26.4. The molecule has 60 heavy (non-hydrogen) atoms. The van der Waals surface area contributed by atoms with E-state index < -0.39 is 0 Å². The van der Waals surface area contributed by atoms with Gasteiger partial charge in [0.2, 0.25) is 0 Å². The summed E-state index contributed by atoms with van der Waals surface area (Å²) in [6.45, 7) is 0. The van der Waals surface area contributed by atoms with E-state index in [0.717, 1.165) is 0 Å². The molecule has 0 amide bonds. The Labute approximate surface area is 367 Å². The van der Waals surface area contributed by atoms with E-state index in [1.54, 1.807) is 0 Å². The summed E-state index contributed by atoms with van der Waals surface area (Å²) in [4.78, 5) is 11.2. The molecule has 0 aromatic heterocycles. The Morgan fingerprint density at radius 3 is 0.333 bits per heavy atom. The zero-order chi connectivity index (χ0) is 39.2. The van der Waals surface area contributed by atoms with Crippen molar-refractivity contribution in [3.05, 3.63) is 243 Å². The zero-order valence-electron chi connectivity index (χ0n) is 34.2. The Hall–Kier alpha value is -5.12. The zero-order valence-corrected chi connectivity index (χ0v) is 37.5. The van der Waals surface area contributed by atoms with Crippen molar-refractivity contribution in [1.29, 1.82) is 0 Å². The fourth-order valence-electron chi connectivity index (χ4n) is 5.54. The first kappa shape index (κ1) is 52.9. The van der Waals surface area contributed by atoms with Gasteiger partial charge in [-0.2, -0.15) is 0 Å². The molecule has 8 aromatic rings. The molecule has 0 saturated heterocycles. The van der Waals surface area contributed by atoms with Gasteiger partial charge in [0.05, 0.1) is 43.6 Å². The van der Waals surface area contributed by atoms with Crippen molar-refractivity contribution in [3.8, 4) is 0 Å². The number of rotatable bonds is 8. The van der Waals surface area contributed by atoms with Crippen LogP contribution < -0.4 is 18.8 Å². The van der Waals surface area contributed by atoms with E-state index in [9.17, 15) is 0 Å². The number of benzene rings is 8. The molecular formula is C52H52F4S4. The summed E-state index contributed by atoms with van der Waals surface area (Å²) in [7, 11) is 0.813. The standard InChI is InChI=1S/4C13H13S.4FH/c4*1-14(12-8-4-2-5-9-12)13-10-6-3-7-11-13;;;;/h4*2-11H,1H3;4*1H/q4*+1;;;;/p-4. The highest BCUT2D eigenvalue weighted by atomic mass is 32.2. The molecule has 0 aliphatic carbocycles. The van der Waals surface area contributed by atoms with Crippen molar-refractivity contribution in [3.63, 3.8) is 0 Å². The molecule has 0 nitrogen and oxygen atoms in total. The molecule has 0 radical (unpaired) electrons. The first-order chi connectivity index (χ1) is 27.5. The van der Waals surface area contributed by atoms with Gasteiger partial charge in [0.15, 0.2) is 39.2 Å². The quantitative estimate of drug-likeness (QED) is 0.160. The number of hydrogen-bond donors (Lipinski definition) is 0. The minimum absolute atomic E-state index is 0. The molecule has 0 aliphatic heterocycles. The fraction of sp³-hybridized carbons (Fsp3) is 0.0769. The van der Waals surface area contributed by atoms with Crippen LogP contribution >= 0.6 is 0 Å². The van der Waals surface area contributed by atoms with Gasteiger partial charge >= 0.3 is 0 Å². The fourth-order valence-corrected chi connectivity index (χ4v) is 11.2. The predicted molar refractivity (Wildman–Crippen MR) is 251 cm³/mol. The summed E-state index contributed by atoms with van der Waals surface area (Å²) in [5.41, 5.74) is 0.